The Balaban J connectivity index is 1.99. The molecule has 0 aromatic rings. The van der Waals surface area contributed by atoms with E-state index in [1.54, 1.807) is 0 Å². The molecule has 1 fully saturated rings. The van der Waals surface area contributed by atoms with Crippen LogP contribution in [0.15, 0.2) is 11.8 Å². The highest BCUT2D eigenvalue weighted by atomic mass is 15.1. The molecule has 0 unspecified atom stereocenters. The molecule has 0 amide bonds. The van der Waals surface area contributed by atoms with E-state index in [1.165, 1.54) is 25.9 Å². The van der Waals surface area contributed by atoms with E-state index in [9.17, 15) is 0 Å². The zero-order valence-corrected chi connectivity index (χ0v) is 7.14. The summed E-state index contributed by atoms with van der Waals surface area (Å²) in [4.78, 5) is 2.40. The fourth-order valence-electron chi connectivity index (χ4n) is 2.16. The Morgan fingerprint density at radius 1 is 1.45 bits per heavy atom. The Kier molecular flexibility index (Phi) is 1.46. The summed E-state index contributed by atoms with van der Waals surface area (Å²) in [7, 11) is 2.19. The molecule has 1 heterocycles. The second-order valence-electron chi connectivity index (χ2n) is 4.06. The van der Waals surface area contributed by atoms with Crippen molar-refractivity contribution in [3.63, 3.8) is 0 Å². The smallest absolute Gasteiger partial charge is 0.00545 e. The topological polar surface area (TPSA) is 29.3 Å². The number of nitrogens with zero attached hydrogens (tertiary/aromatic N) is 1. The number of nitrogens with two attached hydrogens (primary N) is 1. The van der Waals surface area contributed by atoms with Crippen molar-refractivity contribution in [1.82, 2.24) is 4.90 Å². The lowest BCUT2D eigenvalue weighted by Crippen LogP contribution is -2.41. The summed E-state index contributed by atoms with van der Waals surface area (Å²) in [5, 5.41) is 0. The van der Waals surface area contributed by atoms with Gasteiger partial charge in [-0.15, -0.1) is 0 Å². The lowest BCUT2D eigenvalue weighted by Gasteiger charge is -2.44. The van der Waals surface area contributed by atoms with E-state index in [2.05, 4.69) is 18.0 Å². The molecule has 11 heavy (non-hydrogen) atoms. The molecule has 1 aliphatic carbocycles. The molecular formula is C9H16N2. The van der Waals surface area contributed by atoms with E-state index in [0.29, 0.717) is 5.41 Å². The van der Waals surface area contributed by atoms with Crippen LogP contribution in [-0.2, 0) is 0 Å². The van der Waals surface area contributed by atoms with E-state index in [4.69, 9.17) is 5.73 Å². The van der Waals surface area contributed by atoms with Gasteiger partial charge in [-0.25, -0.2) is 0 Å². The maximum atomic E-state index is 5.67. The van der Waals surface area contributed by atoms with Gasteiger partial charge in [0.2, 0.25) is 0 Å². The number of hydrogen-bond donors (Lipinski definition) is 1. The van der Waals surface area contributed by atoms with Gasteiger partial charge in [-0.05, 0) is 44.8 Å². The molecule has 2 aliphatic rings. The molecule has 2 heteroatoms. The summed E-state index contributed by atoms with van der Waals surface area (Å²) in [5.41, 5.74) is 7.30. The summed E-state index contributed by atoms with van der Waals surface area (Å²) in [5.74, 6) is 0. The number of likely N-dealkylation sites (tertiary alicyclic amines) is 1. The molecule has 0 bridgehead atoms. The molecule has 62 valence electrons. The zero-order valence-electron chi connectivity index (χ0n) is 7.14. The Morgan fingerprint density at radius 3 is 2.45 bits per heavy atom. The van der Waals surface area contributed by atoms with Crippen LogP contribution in [0.4, 0.5) is 0 Å². The number of allylic oxidation sites excluding steroid dienone is 2. The molecule has 0 radical (unpaired) electrons. The molecule has 2 nitrogen and oxygen atoms in total. The molecule has 1 aliphatic heterocycles. The van der Waals surface area contributed by atoms with E-state index in [-0.39, 0.29) is 0 Å². The van der Waals surface area contributed by atoms with Crippen LogP contribution in [0.2, 0.25) is 0 Å². The summed E-state index contributed by atoms with van der Waals surface area (Å²) < 4.78 is 0. The maximum Gasteiger partial charge on any atom is 0.00545 e. The van der Waals surface area contributed by atoms with Crippen LogP contribution in [0.5, 0.6) is 0 Å². The highest BCUT2D eigenvalue weighted by Crippen LogP contribution is 2.44. The van der Waals surface area contributed by atoms with Gasteiger partial charge in [-0.3, -0.25) is 0 Å². The van der Waals surface area contributed by atoms with Gasteiger partial charge < -0.3 is 10.6 Å². The summed E-state index contributed by atoms with van der Waals surface area (Å²) in [6.45, 7) is 2.48. The van der Waals surface area contributed by atoms with Crippen molar-refractivity contribution in [2.45, 2.75) is 19.3 Å². The molecule has 2 N–H and O–H groups in total. The number of piperidine rings is 1. The van der Waals surface area contributed by atoms with E-state index < -0.39 is 0 Å². The Bertz CT molecular complexity index is 188. The highest BCUT2D eigenvalue weighted by molar-refractivity contribution is 5.22. The highest BCUT2D eigenvalue weighted by Gasteiger charge is 2.37. The first-order valence-electron chi connectivity index (χ1n) is 4.36. The first-order valence-corrected chi connectivity index (χ1v) is 4.36. The Morgan fingerprint density at radius 2 is 2.00 bits per heavy atom. The molecule has 0 saturated carbocycles. The molecule has 1 saturated heterocycles. The normalized spacial score (nSPS) is 29.7. The van der Waals surface area contributed by atoms with Gasteiger partial charge in [0.1, 0.15) is 0 Å². The van der Waals surface area contributed by atoms with Crippen molar-refractivity contribution < 1.29 is 0 Å². The van der Waals surface area contributed by atoms with Crippen LogP contribution >= 0.6 is 0 Å². The molecule has 1 spiro atoms. The standard InChI is InChI=1S/C9H16N2/c1-11-4-2-9(3-5-11)6-8(10)7-9/h6H,2-5,7,10H2,1H3. The first kappa shape index (κ1) is 7.17. The van der Waals surface area contributed by atoms with Crippen LogP contribution in [-0.4, -0.2) is 25.0 Å². The van der Waals surface area contributed by atoms with Gasteiger partial charge in [-0.1, -0.05) is 6.08 Å². The minimum atomic E-state index is 0.524. The quantitative estimate of drug-likeness (QED) is 0.560. The molecule has 0 aromatic heterocycles. The Hall–Kier alpha value is -0.500. The van der Waals surface area contributed by atoms with Crippen LogP contribution in [0.25, 0.3) is 0 Å². The predicted molar refractivity (Wildman–Crippen MR) is 46.1 cm³/mol. The summed E-state index contributed by atoms with van der Waals surface area (Å²) in [6, 6.07) is 0. The SMILES string of the molecule is CN1CCC2(C=C(N)C2)CC1. The van der Waals surface area contributed by atoms with Gasteiger partial charge >= 0.3 is 0 Å². The second-order valence-corrected chi connectivity index (χ2v) is 4.06. The molecule has 0 aromatic carbocycles. The second kappa shape index (κ2) is 2.24. The number of rotatable bonds is 0. The van der Waals surface area contributed by atoms with Crippen LogP contribution in [0, 0.1) is 5.41 Å². The first-order chi connectivity index (χ1) is 5.20. The fraction of sp³-hybridized carbons (Fsp3) is 0.778. The van der Waals surface area contributed by atoms with Crippen LogP contribution in [0.1, 0.15) is 19.3 Å². The van der Waals surface area contributed by atoms with Crippen LogP contribution in [0.3, 0.4) is 0 Å². The molecular weight excluding hydrogens is 136 g/mol. The van der Waals surface area contributed by atoms with Crippen molar-refractivity contribution >= 4 is 0 Å². The minimum Gasteiger partial charge on any atom is -0.402 e. The maximum absolute atomic E-state index is 5.67. The van der Waals surface area contributed by atoms with Crippen molar-refractivity contribution in [3.8, 4) is 0 Å². The fourth-order valence-corrected chi connectivity index (χ4v) is 2.16. The number of hydrogen-bond acceptors (Lipinski definition) is 2. The van der Waals surface area contributed by atoms with E-state index in [1.807, 2.05) is 0 Å². The largest absolute Gasteiger partial charge is 0.402 e. The lowest BCUT2D eigenvalue weighted by molar-refractivity contribution is 0.146. The molecule has 0 atom stereocenters. The molecule has 2 rings (SSSR count). The predicted octanol–water partition coefficient (Wildman–Crippen LogP) is 0.945. The van der Waals surface area contributed by atoms with Gasteiger partial charge in [0.15, 0.2) is 0 Å². The van der Waals surface area contributed by atoms with Crippen molar-refractivity contribution in [1.29, 1.82) is 0 Å². The third-order valence-electron chi connectivity index (χ3n) is 3.03. The van der Waals surface area contributed by atoms with Crippen molar-refractivity contribution in [3.05, 3.63) is 11.8 Å². The lowest BCUT2D eigenvalue weighted by atomic mass is 9.68. The zero-order chi connectivity index (χ0) is 7.90. The third kappa shape index (κ3) is 1.16. The van der Waals surface area contributed by atoms with Gasteiger partial charge in [0, 0.05) is 5.70 Å². The third-order valence-corrected chi connectivity index (χ3v) is 3.03. The minimum absolute atomic E-state index is 0.524. The van der Waals surface area contributed by atoms with Crippen molar-refractivity contribution in [2.75, 3.05) is 20.1 Å². The van der Waals surface area contributed by atoms with Gasteiger partial charge in [0.05, 0.1) is 0 Å². The van der Waals surface area contributed by atoms with E-state index >= 15 is 0 Å². The van der Waals surface area contributed by atoms with Gasteiger partial charge in [-0.2, -0.15) is 0 Å². The van der Waals surface area contributed by atoms with Crippen molar-refractivity contribution in [2.24, 2.45) is 11.1 Å². The van der Waals surface area contributed by atoms with E-state index in [0.717, 1.165) is 12.1 Å². The van der Waals surface area contributed by atoms with Crippen LogP contribution < -0.4 is 5.73 Å². The Labute approximate surface area is 68.1 Å². The monoisotopic (exact) mass is 152 g/mol. The van der Waals surface area contributed by atoms with Gasteiger partial charge in [0.25, 0.3) is 0 Å². The average Bonchev–Trinajstić information content (AvgIpc) is 1.92. The summed E-state index contributed by atoms with van der Waals surface area (Å²) >= 11 is 0. The average molecular weight is 152 g/mol. The summed E-state index contributed by atoms with van der Waals surface area (Å²) in [6.07, 6.45) is 6.05.